The topological polar surface area (TPSA) is 73.9 Å². The van der Waals surface area contributed by atoms with Gasteiger partial charge in [-0.05, 0) is 32.9 Å². The predicted octanol–water partition coefficient (Wildman–Crippen LogP) is 0.0188. The molecule has 1 unspecified atom stereocenters. The summed E-state index contributed by atoms with van der Waals surface area (Å²) in [5, 5.41) is 9.09. The van der Waals surface area contributed by atoms with Gasteiger partial charge in [-0.25, -0.2) is 4.98 Å². The second-order valence-corrected chi connectivity index (χ2v) is 4.22. The molecule has 6 heteroatoms. The van der Waals surface area contributed by atoms with Crippen molar-refractivity contribution in [3.05, 3.63) is 12.2 Å². The van der Waals surface area contributed by atoms with E-state index in [0.29, 0.717) is 0 Å². The highest BCUT2D eigenvalue weighted by Crippen LogP contribution is 2.07. The first kappa shape index (κ1) is 11.1. The van der Waals surface area contributed by atoms with Crippen LogP contribution in [0.1, 0.15) is 30.4 Å². The highest BCUT2D eigenvalue weighted by atomic mass is 16.2. The van der Waals surface area contributed by atoms with Gasteiger partial charge in [0.05, 0.1) is 0 Å². The van der Waals surface area contributed by atoms with Crippen LogP contribution in [0, 0.1) is 0 Å². The summed E-state index contributed by atoms with van der Waals surface area (Å²) in [6, 6.07) is 0.135. The third kappa shape index (κ3) is 2.79. The summed E-state index contributed by atoms with van der Waals surface area (Å²) in [5.74, 6) is 0.0810. The van der Waals surface area contributed by atoms with Crippen LogP contribution in [0.3, 0.4) is 0 Å². The Hall–Kier alpha value is -1.43. The maximum Gasteiger partial charge on any atom is 0.288 e. The molecule has 16 heavy (non-hydrogen) atoms. The average molecular weight is 223 g/mol. The molecule has 1 aliphatic heterocycles. The first-order chi connectivity index (χ1) is 7.75. The molecular weight excluding hydrogens is 206 g/mol. The molecule has 1 aliphatic rings. The molecule has 2 heterocycles. The molecule has 6 nitrogen and oxygen atoms in total. The number of amides is 1. The number of H-pyrrole nitrogens is 1. The first-order valence-corrected chi connectivity index (χ1v) is 5.64. The number of likely N-dealkylation sites (tertiary alicyclic amines) is 1. The molecule has 2 rings (SSSR count). The van der Waals surface area contributed by atoms with E-state index in [0.717, 1.165) is 19.6 Å². The number of rotatable bonds is 4. The van der Waals surface area contributed by atoms with Gasteiger partial charge in [0.2, 0.25) is 5.82 Å². The van der Waals surface area contributed by atoms with Crippen LogP contribution in [-0.4, -0.2) is 51.7 Å². The average Bonchev–Trinajstić information content (AvgIpc) is 2.88. The summed E-state index contributed by atoms with van der Waals surface area (Å²) in [6.45, 7) is 5.19. The van der Waals surface area contributed by atoms with Crippen LogP contribution in [0.4, 0.5) is 0 Å². The lowest BCUT2D eigenvalue weighted by Gasteiger charge is -2.20. The van der Waals surface area contributed by atoms with Gasteiger partial charge in [0.25, 0.3) is 5.91 Å². The van der Waals surface area contributed by atoms with Crippen molar-refractivity contribution in [2.45, 2.75) is 25.8 Å². The largest absolute Gasteiger partial charge is 0.346 e. The number of nitrogens with one attached hydrogen (secondary N) is 2. The molecule has 0 aliphatic carbocycles. The molecule has 1 fully saturated rings. The summed E-state index contributed by atoms with van der Waals surface area (Å²) in [4.78, 5) is 17.8. The van der Waals surface area contributed by atoms with Crippen molar-refractivity contribution in [3.63, 3.8) is 0 Å². The highest BCUT2D eigenvalue weighted by molar-refractivity contribution is 5.90. The standard InChI is InChI=1S/C10H17N5O/c1-8(6-15-4-2-3-5-15)13-10(16)9-11-7-12-14-9/h7-8H,2-6H2,1H3,(H,13,16)(H,11,12,14). The third-order valence-corrected chi connectivity index (χ3v) is 2.74. The van der Waals surface area contributed by atoms with Gasteiger partial charge in [0.15, 0.2) is 0 Å². The smallest absolute Gasteiger partial charge is 0.288 e. The molecule has 1 saturated heterocycles. The lowest BCUT2D eigenvalue weighted by Crippen LogP contribution is -2.41. The van der Waals surface area contributed by atoms with E-state index >= 15 is 0 Å². The molecule has 0 bridgehead atoms. The number of aromatic amines is 1. The number of hydrogen-bond acceptors (Lipinski definition) is 4. The zero-order chi connectivity index (χ0) is 11.4. The summed E-state index contributed by atoms with van der Waals surface area (Å²) >= 11 is 0. The van der Waals surface area contributed by atoms with Crippen LogP contribution in [0.15, 0.2) is 6.33 Å². The van der Waals surface area contributed by atoms with E-state index in [1.165, 1.54) is 19.2 Å². The normalized spacial score (nSPS) is 18.6. The quantitative estimate of drug-likeness (QED) is 0.754. The van der Waals surface area contributed by atoms with Crippen molar-refractivity contribution in [1.82, 2.24) is 25.4 Å². The van der Waals surface area contributed by atoms with Crippen LogP contribution >= 0.6 is 0 Å². The van der Waals surface area contributed by atoms with E-state index < -0.39 is 0 Å². The van der Waals surface area contributed by atoms with Crippen LogP contribution in [0.25, 0.3) is 0 Å². The molecule has 2 N–H and O–H groups in total. The van der Waals surface area contributed by atoms with Crippen molar-refractivity contribution in [1.29, 1.82) is 0 Å². The Morgan fingerprint density at radius 2 is 2.38 bits per heavy atom. The molecule has 0 spiro atoms. The molecule has 1 aromatic rings. The van der Waals surface area contributed by atoms with E-state index in [1.54, 1.807) is 0 Å². The van der Waals surface area contributed by atoms with Gasteiger partial charge in [0, 0.05) is 12.6 Å². The van der Waals surface area contributed by atoms with Gasteiger partial charge < -0.3 is 10.2 Å². The van der Waals surface area contributed by atoms with Gasteiger partial charge in [-0.2, -0.15) is 5.10 Å². The van der Waals surface area contributed by atoms with E-state index in [4.69, 9.17) is 0 Å². The minimum atomic E-state index is -0.191. The van der Waals surface area contributed by atoms with E-state index in [1.807, 2.05) is 6.92 Å². The minimum absolute atomic E-state index is 0.135. The fourth-order valence-electron chi connectivity index (χ4n) is 2.01. The Morgan fingerprint density at radius 1 is 1.62 bits per heavy atom. The SMILES string of the molecule is CC(CN1CCCC1)NC(=O)c1ncn[nH]1. The van der Waals surface area contributed by atoms with Gasteiger partial charge in [-0.1, -0.05) is 0 Å². The van der Waals surface area contributed by atoms with Gasteiger partial charge in [-0.15, -0.1) is 0 Å². The molecule has 1 aromatic heterocycles. The van der Waals surface area contributed by atoms with E-state index in [2.05, 4.69) is 25.4 Å². The highest BCUT2D eigenvalue weighted by Gasteiger charge is 2.17. The summed E-state index contributed by atoms with van der Waals surface area (Å²) in [6.07, 6.45) is 3.87. The molecule has 0 aromatic carbocycles. The Morgan fingerprint density at radius 3 is 3.00 bits per heavy atom. The Bertz CT molecular complexity index is 331. The monoisotopic (exact) mass is 223 g/mol. The second kappa shape index (κ2) is 5.07. The summed E-state index contributed by atoms with van der Waals surface area (Å²) in [7, 11) is 0. The molecule has 0 saturated carbocycles. The van der Waals surface area contributed by atoms with Gasteiger partial charge >= 0.3 is 0 Å². The molecule has 0 radical (unpaired) electrons. The van der Waals surface area contributed by atoms with Gasteiger partial charge in [-0.3, -0.25) is 9.89 Å². The first-order valence-electron chi connectivity index (χ1n) is 5.64. The van der Waals surface area contributed by atoms with Crippen molar-refractivity contribution in [2.75, 3.05) is 19.6 Å². The predicted molar refractivity (Wildman–Crippen MR) is 59.0 cm³/mol. The fraction of sp³-hybridized carbons (Fsp3) is 0.700. The summed E-state index contributed by atoms with van der Waals surface area (Å²) < 4.78 is 0. The van der Waals surface area contributed by atoms with Crippen LogP contribution in [0.2, 0.25) is 0 Å². The van der Waals surface area contributed by atoms with Crippen LogP contribution < -0.4 is 5.32 Å². The number of hydrogen-bond donors (Lipinski definition) is 2. The number of carbonyl (C=O) groups is 1. The van der Waals surface area contributed by atoms with Crippen LogP contribution in [-0.2, 0) is 0 Å². The van der Waals surface area contributed by atoms with E-state index in [-0.39, 0.29) is 17.8 Å². The summed E-state index contributed by atoms with van der Waals surface area (Å²) in [5.41, 5.74) is 0. The Labute approximate surface area is 94.4 Å². The maximum absolute atomic E-state index is 11.6. The molecule has 88 valence electrons. The Balaban J connectivity index is 1.78. The van der Waals surface area contributed by atoms with Crippen LogP contribution in [0.5, 0.6) is 0 Å². The lowest BCUT2D eigenvalue weighted by molar-refractivity contribution is 0.0922. The molecule has 1 amide bonds. The van der Waals surface area contributed by atoms with Gasteiger partial charge in [0.1, 0.15) is 6.33 Å². The minimum Gasteiger partial charge on any atom is -0.346 e. The number of carbonyl (C=O) groups excluding carboxylic acids is 1. The zero-order valence-corrected chi connectivity index (χ0v) is 9.44. The van der Waals surface area contributed by atoms with Crippen molar-refractivity contribution in [2.24, 2.45) is 0 Å². The van der Waals surface area contributed by atoms with Crippen molar-refractivity contribution < 1.29 is 4.79 Å². The van der Waals surface area contributed by atoms with Crippen molar-refractivity contribution in [3.8, 4) is 0 Å². The molecular formula is C10H17N5O. The fourth-order valence-corrected chi connectivity index (χ4v) is 2.01. The third-order valence-electron chi connectivity index (χ3n) is 2.74. The number of nitrogens with zero attached hydrogens (tertiary/aromatic N) is 3. The molecule has 1 atom stereocenters. The number of aromatic nitrogens is 3. The van der Waals surface area contributed by atoms with Crippen molar-refractivity contribution >= 4 is 5.91 Å². The maximum atomic E-state index is 11.6. The Kier molecular flexibility index (Phi) is 3.51. The lowest BCUT2D eigenvalue weighted by atomic mass is 10.3. The zero-order valence-electron chi connectivity index (χ0n) is 9.44. The second-order valence-electron chi connectivity index (χ2n) is 4.22. The van der Waals surface area contributed by atoms with E-state index in [9.17, 15) is 4.79 Å².